The maximum Gasteiger partial charge on any atom is 0.218 e. The largest absolute Gasteiger partial charge is 0.264 e. The average Bonchev–Trinajstić information content (AvgIpc) is 3.12. The molecule has 2 aromatic heterocycles. The summed E-state index contributed by atoms with van der Waals surface area (Å²) in [6, 6.07) is 14.7. The van der Waals surface area contributed by atoms with Gasteiger partial charge in [-0.25, -0.2) is 8.42 Å². The van der Waals surface area contributed by atoms with Crippen LogP contribution in [0.2, 0.25) is 5.02 Å². The highest BCUT2D eigenvalue weighted by Gasteiger charge is 2.23. The molecule has 26 heavy (non-hydrogen) atoms. The Bertz CT molecular complexity index is 929. The van der Waals surface area contributed by atoms with Crippen molar-refractivity contribution in [1.82, 2.24) is 9.29 Å². The molecule has 3 aromatic rings. The van der Waals surface area contributed by atoms with Crippen LogP contribution in [0, 0.1) is 0 Å². The average molecular weight is 407 g/mol. The molecule has 4 nitrogen and oxygen atoms in total. The molecule has 0 atom stereocenters. The predicted octanol–water partition coefficient (Wildman–Crippen LogP) is 4.37. The fourth-order valence-electron chi connectivity index (χ4n) is 2.63. The molecule has 0 unspecified atom stereocenters. The quantitative estimate of drug-likeness (QED) is 0.558. The van der Waals surface area contributed by atoms with E-state index < -0.39 is 10.0 Å². The zero-order valence-corrected chi connectivity index (χ0v) is 16.5. The summed E-state index contributed by atoms with van der Waals surface area (Å²) in [6.45, 7) is 0.737. The number of thiophene rings is 1. The molecule has 0 bridgehead atoms. The Morgan fingerprint density at radius 2 is 1.92 bits per heavy atom. The number of pyridine rings is 1. The summed E-state index contributed by atoms with van der Waals surface area (Å²) < 4.78 is 27.6. The Morgan fingerprint density at radius 3 is 2.62 bits per heavy atom. The highest BCUT2D eigenvalue weighted by molar-refractivity contribution is 7.88. The van der Waals surface area contributed by atoms with Crippen molar-refractivity contribution in [3.8, 4) is 0 Å². The minimum atomic E-state index is -3.49. The lowest BCUT2D eigenvalue weighted by Gasteiger charge is -2.22. The van der Waals surface area contributed by atoms with E-state index >= 15 is 0 Å². The summed E-state index contributed by atoms with van der Waals surface area (Å²) in [4.78, 5) is 5.25. The molecule has 3 rings (SSSR count). The molecule has 1 aromatic carbocycles. The van der Waals surface area contributed by atoms with Crippen molar-refractivity contribution < 1.29 is 8.42 Å². The van der Waals surface area contributed by atoms with E-state index in [1.165, 1.54) is 9.18 Å². The number of nitrogens with zero attached hydrogens (tertiary/aromatic N) is 2. The van der Waals surface area contributed by atoms with Crippen LogP contribution in [-0.4, -0.2) is 24.3 Å². The van der Waals surface area contributed by atoms with Crippen LogP contribution in [0.1, 0.15) is 16.0 Å². The molecule has 0 saturated heterocycles. The molecule has 0 aliphatic heterocycles. The number of halogens is 1. The SMILES string of the molecule is O=S(=O)(Cc1cccc(Cl)c1)N(CCc1cccs1)Cc1cccnc1. The number of hydrogen-bond donors (Lipinski definition) is 0. The van der Waals surface area contributed by atoms with Gasteiger partial charge in [0, 0.05) is 35.4 Å². The van der Waals surface area contributed by atoms with Crippen LogP contribution in [-0.2, 0) is 28.7 Å². The molecule has 0 aliphatic carbocycles. The normalized spacial score (nSPS) is 11.8. The number of benzene rings is 1. The number of sulfonamides is 1. The van der Waals surface area contributed by atoms with Gasteiger partial charge in [-0.3, -0.25) is 4.98 Å². The van der Waals surface area contributed by atoms with Crippen molar-refractivity contribution in [3.05, 3.63) is 87.3 Å². The van der Waals surface area contributed by atoms with Crippen molar-refractivity contribution in [3.63, 3.8) is 0 Å². The maximum absolute atomic E-state index is 13.0. The van der Waals surface area contributed by atoms with Crippen LogP contribution in [0.5, 0.6) is 0 Å². The summed E-state index contributed by atoms with van der Waals surface area (Å²) in [5.41, 5.74) is 1.55. The fourth-order valence-corrected chi connectivity index (χ4v) is 5.04. The Labute approximate surface area is 163 Å². The fraction of sp³-hybridized carbons (Fsp3) is 0.211. The van der Waals surface area contributed by atoms with Crippen molar-refractivity contribution in [2.75, 3.05) is 6.54 Å². The van der Waals surface area contributed by atoms with Crippen LogP contribution in [0.25, 0.3) is 0 Å². The van der Waals surface area contributed by atoms with E-state index in [1.54, 1.807) is 48.0 Å². The molecule has 7 heteroatoms. The lowest BCUT2D eigenvalue weighted by atomic mass is 10.2. The van der Waals surface area contributed by atoms with Gasteiger partial charge in [-0.2, -0.15) is 4.31 Å². The molecule has 136 valence electrons. The highest BCUT2D eigenvalue weighted by Crippen LogP contribution is 2.19. The van der Waals surface area contributed by atoms with Gasteiger partial charge < -0.3 is 0 Å². The van der Waals surface area contributed by atoms with E-state index in [0.29, 0.717) is 30.1 Å². The minimum absolute atomic E-state index is 0.0712. The van der Waals surface area contributed by atoms with Gasteiger partial charge in [0.05, 0.1) is 5.75 Å². The smallest absolute Gasteiger partial charge is 0.218 e. The van der Waals surface area contributed by atoms with E-state index in [9.17, 15) is 8.42 Å². The van der Waals surface area contributed by atoms with E-state index in [-0.39, 0.29) is 5.75 Å². The van der Waals surface area contributed by atoms with Gasteiger partial charge in [0.1, 0.15) is 0 Å². The van der Waals surface area contributed by atoms with Crippen LogP contribution < -0.4 is 0 Å². The second kappa shape index (κ2) is 8.77. The Balaban J connectivity index is 1.80. The number of hydrogen-bond acceptors (Lipinski definition) is 4. The molecule has 0 radical (unpaired) electrons. The van der Waals surface area contributed by atoms with E-state index in [2.05, 4.69) is 4.98 Å². The summed E-state index contributed by atoms with van der Waals surface area (Å²) in [6.07, 6.45) is 4.07. The number of aromatic nitrogens is 1. The minimum Gasteiger partial charge on any atom is -0.264 e. The van der Waals surface area contributed by atoms with Crippen LogP contribution in [0.4, 0.5) is 0 Å². The first-order chi connectivity index (χ1) is 12.5. The van der Waals surface area contributed by atoms with Crippen molar-refractivity contribution in [1.29, 1.82) is 0 Å². The third-order valence-corrected chi connectivity index (χ3v) is 6.87. The molecule has 0 amide bonds. The molecule has 0 spiro atoms. The molecular weight excluding hydrogens is 388 g/mol. The van der Waals surface area contributed by atoms with Crippen molar-refractivity contribution in [2.24, 2.45) is 0 Å². The van der Waals surface area contributed by atoms with Gasteiger partial charge >= 0.3 is 0 Å². The zero-order chi connectivity index (χ0) is 18.4. The van der Waals surface area contributed by atoms with Gasteiger partial charge in [-0.15, -0.1) is 11.3 Å². The van der Waals surface area contributed by atoms with Crippen LogP contribution in [0.15, 0.2) is 66.3 Å². The third kappa shape index (κ3) is 5.38. The molecule has 0 saturated carbocycles. The lowest BCUT2D eigenvalue weighted by Crippen LogP contribution is -2.33. The second-order valence-corrected chi connectivity index (χ2v) is 9.35. The first kappa shape index (κ1) is 19.0. The van der Waals surface area contributed by atoms with Crippen molar-refractivity contribution >= 4 is 33.0 Å². The topological polar surface area (TPSA) is 50.3 Å². The molecule has 0 N–H and O–H groups in total. The molecule has 0 fully saturated rings. The molecular formula is C19H19ClN2O2S2. The standard InChI is InChI=1S/C19H19ClN2O2S2/c20-18-6-1-4-16(12-18)15-26(23,24)22(10-8-19-7-3-11-25-19)14-17-5-2-9-21-13-17/h1-7,9,11-13H,8,10,14-15H2. The van der Waals surface area contributed by atoms with Crippen LogP contribution in [0.3, 0.4) is 0 Å². The van der Waals surface area contributed by atoms with Gasteiger partial charge in [-0.1, -0.05) is 35.9 Å². The van der Waals surface area contributed by atoms with Crippen molar-refractivity contribution in [2.45, 2.75) is 18.7 Å². The monoisotopic (exact) mass is 406 g/mol. The molecule has 0 aliphatic rings. The maximum atomic E-state index is 13.0. The lowest BCUT2D eigenvalue weighted by molar-refractivity contribution is 0.409. The molecule has 2 heterocycles. The van der Waals surface area contributed by atoms with E-state index in [4.69, 9.17) is 11.6 Å². The second-order valence-electron chi connectivity index (χ2n) is 5.91. The van der Waals surface area contributed by atoms with E-state index in [1.807, 2.05) is 29.6 Å². The third-order valence-electron chi connectivity index (χ3n) is 3.90. The van der Waals surface area contributed by atoms with Gasteiger partial charge in [0.25, 0.3) is 0 Å². The first-order valence-electron chi connectivity index (χ1n) is 8.16. The summed E-state index contributed by atoms with van der Waals surface area (Å²) in [7, 11) is -3.49. The van der Waals surface area contributed by atoms with Gasteiger partial charge in [0.15, 0.2) is 0 Å². The zero-order valence-electron chi connectivity index (χ0n) is 14.1. The summed E-state index contributed by atoms with van der Waals surface area (Å²) in [5.74, 6) is -0.0712. The first-order valence-corrected chi connectivity index (χ1v) is 11.0. The van der Waals surface area contributed by atoms with Gasteiger partial charge in [-0.05, 0) is 47.2 Å². The summed E-state index contributed by atoms with van der Waals surface area (Å²) in [5, 5.41) is 2.54. The number of rotatable bonds is 8. The Kier molecular flexibility index (Phi) is 6.43. The van der Waals surface area contributed by atoms with Crippen LogP contribution >= 0.6 is 22.9 Å². The predicted molar refractivity (Wildman–Crippen MR) is 107 cm³/mol. The Morgan fingerprint density at radius 1 is 1.08 bits per heavy atom. The van der Waals surface area contributed by atoms with Gasteiger partial charge in [0.2, 0.25) is 10.0 Å². The highest BCUT2D eigenvalue weighted by atomic mass is 35.5. The summed E-state index contributed by atoms with van der Waals surface area (Å²) >= 11 is 7.63. The Hall–Kier alpha value is -1.73. The van der Waals surface area contributed by atoms with E-state index in [0.717, 1.165) is 5.56 Å².